The fourth-order valence-corrected chi connectivity index (χ4v) is 3.78. The van der Waals surface area contributed by atoms with Gasteiger partial charge in [-0.2, -0.15) is 13.2 Å². The van der Waals surface area contributed by atoms with Gasteiger partial charge in [-0.05, 0) is 18.9 Å². The number of rotatable bonds is 7. The molecule has 1 aliphatic heterocycles. The summed E-state index contributed by atoms with van der Waals surface area (Å²) in [6.45, 7) is 2.69. The zero-order chi connectivity index (χ0) is 26.5. The molecule has 1 saturated heterocycles. The van der Waals surface area contributed by atoms with E-state index in [0.717, 1.165) is 4.90 Å². The van der Waals surface area contributed by atoms with E-state index < -0.39 is 48.5 Å². The number of halogens is 5. The van der Waals surface area contributed by atoms with Gasteiger partial charge < -0.3 is 16.0 Å². The first kappa shape index (κ1) is 26.9. The molecule has 3 heterocycles. The van der Waals surface area contributed by atoms with Crippen LogP contribution < -0.4 is 11.1 Å². The van der Waals surface area contributed by atoms with Crippen molar-refractivity contribution in [2.75, 3.05) is 25.0 Å². The normalized spacial score (nSPS) is 20.8. The van der Waals surface area contributed by atoms with Crippen molar-refractivity contribution in [3.05, 3.63) is 47.9 Å². The minimum absolute atomic E-state index is 0.0850. The van der Waals surface area contributed by atoms with Gasteiger partial charge in [-0.15, -0.1) is 0 Å². The average Bonchev–Trinajstić information content (AvgIpc) is 2.82. The minimum Gasteiger partial charge on any atom is -0.394 e. The van der Waals surface area contributed by atoms with E-state index in [-0.39, 0.29) is 29.6 Å². The lowest BCUT2D eigenvalue weighted by Crippen LogP contribution is -2.58. The number of amides is 1. The number of nitrogens with one attached hydrogen (secondary N) is 1. The van der Waals surface area contributed by atoms with Crippen LogP contribution in [0.15, 0.2) is 41.5 Å². The number of likely N-dealkylation sites (tertiary alicyclic amines) is 1. The maximum Gasteiger partial charge on any atom is 0.419 e. The van der Waals surface area contributed by atoms with E-state index in [1.54, 1.807) is 19.9 Å². The summed E-state index contributed by atoms with van der Waals surface area (Å²) in [6, 6.07) is 0.774. The van der Waals surface area contributed by atoms with Crippen LogP contribution in [0, 0.1) is 5.92 Å². The maximum atomic E-state index is 14.5. The summed E-state index contributed by atoms with van der Waals surface area (Å²) in [7, 11) is 0. The summed E-state index contributed by atoms with van der Waals surface area (Å²) in [6.07, 6.45) is 0.315. The van der Waals surface area contributed by atoms with Crippen molar-refractivity contribution in [1.29, 1.82) is 0 Å². The van der Waals surface area contributed by atoms with Gasteiger partial charge >= 0.3 is 6.18 Å². The molecule has 3 N–H and O–H groups in total. The van der Waals surface area contributed by atoms with Crippen molar-refractivity contribution < 1.29 is 26.7 Å². The molecular formula is C22H25F5N8O. The van der Waals surface area contributed by atoms with Gasteiger partial charge in [-0.25, -0.2) is 28.7 Å². The van der Waals surface area contributed by atoms with Crippen molar-refractivity contribution >= 4 is 23.6 Å². The molecule has 1 unspecified atom stereocenters. The number of carbonyl (C=O) groups excluding carboxylic acids is 1. The second kappa shape index (κ2) is 10.9. The van der Waals surface area contributed by atoms with Crippen LogP contribution in [0.1, 0.15) is 31.7 Å². The molecule has 0 bridgehead atoms. The molecule has 3 rings (SSSR count). The molecule has 0 aliphatic carbocycles. The molecule has 9 nitrogen and oxygen atoms in total. The molecule has 1 aliphatic rings. The number of anilines is 1. The van der Waals surface area contributed by atoms with Gasteiger partial charge in [0, 0.05) is 50.5 Å². The van der Waals surface area contributed by atoms with Crippen LogP contribution in [-0.2, 0) is 11.0 Å². The Morgan fingerprint density at radius 2 is 1.89 bits per heavy atom. The van der Waals surface area contributed by atoms with Crippen LogP contribution in [0.5, 0.6) is 0 Å². The molecule has 2 atom stereocenters. The van der Waals surface area contributed by atoms with Crippen molar-refractivity contribution in [1.82, 2.24) is 24.8 Å². The number of carbonyl (C=O) groups is 1. The van der Waals surface area contributed by atoms with Gasteiger partial charge in [0.2, 0.25) is 5.95 Å². The van der Waals surface area contributed by atoms with Crippen molar-refractivity contribution in [3.63, 3.8) is 0 Å². The number of nitrogens with zero attached hydrogens (tertiary/aromatic N) is 6. The van der Waals surface area contributed by atoms with Crippen molar-refractivity contribution in [2.24, 2.45) is 16.6 Å². The molecule has 14 heteroatoms. The predicted molar refractivity (Wildman–Crippen MR) is 122 cm³/mol. The second-order valence-electron chi connectivity index (χ2n) is 8.24. The van der Waals surface area contributed by atoms with Crippen LogP contribution >= 0.6 is 0 Å². The summed E-state index contributed by atoms with van der Waals surface area (Å²) >= 11 is 0. The molecule has 1 fully saturated rings. The van der Waals surface area contributed by atoms with E-state index in [0.29, 0.717) is 18.9 Å². The molecule has 36 heavy (non-hydrogen) atoms. The smallest absolute Gasteiger partial charge is 0.394 e. The largest absolute Gasteiger partial charge is 0.419 e. The Morgan fingerprint density at radius 3 is 2.47 bits per heavy atom. The van der Waals surface area contributed by atoms with Gasteiger partial charge in [0.05, 0.1) is 23.7 Å². The average molecular weight is 512 g/mol. The van der Waals surface area contributed by atoms with Gasteiger partial charge in [0.1, 0.15) is 5.70 Å². The molecule has 0 aromatic carbocycles. The van der Waals surface area contributed by atoms with E-state index in [9.17, 15) is 26.7 Å². The number of hydrogen-bond acceptors (Lipinski definition) is 8. The number of alkyl halides is 5. The Labute approximate surface area is 203 Å². The van der Waals surface area contributed by atoms with Crippen LogP contribution in [0.2, 0.25) is 0 Å². The fraction of sp³-hybridized carbons (Fsp3) is 0.455. The lowest BCUT2D eigenvalue weighted by atomic mass is 9.88. The molecular weight excluding hydrogens is 487 g/mol. The Bertz CT molecular complexity index is 1110. The van der Waals surface area contributed by atoms with Crippen molar-refractivity contribution in [2.45, 2.75) is 38.4 Å². The Morgan fingerprint density at radius 1 is 1.25 bits per heavy atom. The second-order valence-corrected chi connectivity index (χ2v) is 8.24. The lowest BCUT2D eigenvalue weighted by molar-refractivity contribution is -0.148. The van der Waals surface area contributed by atoms with E-state index >= 15 is 0 Å². The summed E-state index contributed by atoms with van der Waals surface area (Å²) in [5.41, 5.74) is 4.84. The number of aliphatic imine (C=N–C) groups is 1. The fourth-order valence-electron chi connectivity index (χ4n) is 3.78. The van der Waals surface area contributed by atoms with Crippen LogP contribution in [-0.4, -0.2) is 68.6 Å². The predicted octanol–water partition coefficient (Wildman–Crippen LogP) is 3.03. The maximum absolute atomic E-state index is 14.5. The number of piperidine rings is 1. The van der Waals surface area contributed by atoms with Crippen LogP contribution in [0.3, 0.4) is 0 Å². The molecule has 2 aromatic rings. The van der Waals surface area contributed by atoms with Gasteiger partial charge in [-0.1, -0.05) is 6.92 Å². The first-order valence-electron chi connectivity index (χ1n) is 11.0. The summed E-state index contributed by atoms with van der Waals surface area (Å²) in [4.78, 5) is 33.8. The third-order valence-electron chi connectivity index (χ3n) is 5.52. The van der Waals surface area contributed by atoms with Crippen LogP contribution in [0.4, 0.5) is 27.9 Å². The monoisotopic (exact) mass is 512 g/mol. The molecule has 0 spiro atoms. The Balaban J connectivity index is 1.89. The zero-order valence-electron chi connectivity index (χ0n) is 19.5. The first-order chi connectivity index (χ1) is 16.9. The summed E-state index contributed by atoms with van der Waals surface area (Å²) in [5.74, 6) is -4.76. The zero-order valence-corrected chi connectivity index (χ0v) is 19.5. The van der Waals surface area contributed by atoms with Crippen LogP contribution in [0.25, 0.3) is 5.57 Å². The molecule has 2 aromatic heterocycles. The van der Waals surface area contributed by atoms with E-state index in [4.69, 9.17) is 5.73 Å². The lowest BCUT2D eigenvalue weighted by Gasteiger charge is -2.43. The number of hydrogen-bond donors (Lipinski definition) is 2. The molecule has 1 amide bonds. The highest BCUT2D eigenvalue weighted by Gasteiger charge is 2.46. The third kappa shape index (κ3) is 6.49. The highest BCUT2D eigenvalue weighted by Crippen LogP contribution is 2.35. The van der Waals surface area contributed by atoms with Crippen molar-refractivity contribution in [3.8, 4) is 0 Å². The van der Waals surface area contributed by atoms with Gasteiger partial charge in [0.15, 0.2) is 5.82 Å². The topological polar surface area (TPSA) is 122 Å². The van der Waals surface area contributed by atoms with E-state index in [2.05, 4.69) is 30.2 Å². The molecule has 0 saturated carbocycles. The Hall–Kier alpha value is -3.71. The standard InChI is InChI=1S/C22H25F5N8O/c1-3-29-10-15(18-30-5-4-6-31-18)17(28)19(36)35-12-21(23,24)7-13(2)16(35)11-34-20-32-8-14(9-33-20)22(25,26)27/h4-6,8-10,13,16H,3,7,11-12,28H2,1-2H3,(H,32,33,34)/t13-,16?/m1/s1. The van der Waals surface area contributed by atoms with Gasteiger partial charge in [0.25, 0.3) is 11.8 Å². The van der Waals surface area contributed by atoms with E-state index in [1.165, 1.54) is 18.6 Å². The molecule has 194 valence electrons. The summed E-state index contributed by atoms with van der Waals surface area (Å²) in [5, 5.41) is 2.73. The summed E-state index contributed by atoms with van der Waals surface area (Å²) < 4.78 is 67.2. The first-order valence-corrected chi connectivity index (χ1v) is 11.0. The Kier molecular flexibility index (Phi) is 8.15. The third-order valence-corrected chi connectivity index (χ3v) is 5.52. The quantitative estimate of drug-likeness (QED) is 0.332. The number of nitrogens with two attached hydrogens (primary N) is 1. The SMILES string of the molecule is CCN=CC(=C(N)C(=O)N1CC(F)(F)C[C@@H](C)C1CNc1ncc(C(F)(F)F)cn1)c1ncccn1. The number of allylic oxidation sites excluding steroid dienone is 1. The number of aromatic nitrogens is 4. The molecule has 0 radical (unpaired) electrons. The minimum atomic E-state index is -4.60. The van der Waals surface area contributed by atoms with E-state index in [1.807, 2.05) is 0 Å². The van der Waals surface area contributed by atoms with Gasteiger partial charge in [-0.3, -0.25) is 9.79 Å². The highest BCUT2D eigenvalue weighted by atomic mass is 19.4. The highest BCUT2D eigenvalue weighted by molar-refractivity contribution is 6.17.